The monoisotopic (exact) mass is 470 g/mol. The molecule has 1 atom stereocenters. The van der Waals surface area contributed by atoms with E-state index in [9.17, 15) is 18.3 Å². The van der Waals surface area contributed by atoms with Crippen molar-refractivity contribution < 1.29 is 23.0 Å². The molecule has 1 N–H and O–H groups in total. The number of allylic oxidation sites excluding steroid dienone is 1. The lowest BCUT2D eigenvalue weighted by Gasteiger charge is -2.29. The van der Waals surface area contributed by atoms with Gasteiger partial charge < -0.3 is 9.84 Å². The van der Waals surface area contributed by atoms with Crippen LogP contribution in [0.3, 0.4) is 0 Å². The Balaban J connectivity index is 1.31. The Morgan fingerprint density at radius 3 is 2.47 bits per heavy atom. The van der Waals surface area contributed by atoms with Crippen molar-refractivity contribution in [2.75, 3.05) is 6.61 Å². The minimum atomic E-state index is -0.778. The van der Waals surface area contributed by atoms with Crippen LogP contribution in [-0.2, 0) is 6.42 Å². The molecule has 1 saturated carbocycles. The fraction of sp³-hybridized carbons (Fsp3) is 0.448. The Hall–Kier alpha value is -2.53. The van der Waals surface area contributed by atoms with Gasteiger partial charge in [0.05, 0.1) is 6.10 Å². The number of hydrogen-bond acceptors (Lipinski definition) is 2. The van der Waals surface area contributed by atoms with Crippen molar-refractivity contribution in [3.63, 3.8) is 0 Å². The second kappa shape index (κ2) is 11.3. The van der Waals surface area contributed by atoms with Gasteiger partial charge in [-0.25, -0.2) is 13.2 Å². The van der Waals surface area contributed by atoms with Gasteiger partial charge in [0, 0.05) is 11.6 Å². The third-order valence-electron chi connectivity index (χ3n) is 7.34. The molecule has 2 aliphatic rings. The van der Waals surface area contributed by atoms with Gasteiger partial charge in [0.25, 0.3) is 0 Å². The van der Waals surface area contributed by atoms with Crippen molar-refractivity contribution >= 4 is 5.57 Å². The largest absolute Gasteiger partial charge is 0.489 e. The van der Waals surface area contributed by atoms with Gasteiger partial charge in [-0.1, -0.05) is 36.9 Å². The fourth-order valence-corrected chi connectivity index (χ4v) is 5.30. The lowest BCUT2D eigenvalue weighted by Crippen LogP contribution is -2.15. The van der Waals surface area contributed by atoms with Gasteiger partial charge in [0.15, 0.2) is 11.6 Å². The van der Waals surface area contributed by atoms with E-state index in [1.807, 2.05) is 12.1 Å². The SMILES string of the molecule is C=CCOc1ccc(C2CCC(CCc3ccc(C4=CCC(O)CC4)c(F)c3F)CC2)c(F)c1. The Morgan fingerprint density at radius 1 is 1.00 bits per heavy atom. The molecule has 2 aliphatic carbocycles. The van der Waals surface area contributed by atoms with Crippen molar-refractivity contribution in [1.29, 1.82) is 0 Å². The normalized spacial score (nSPS) is 22.8. The van der Waals surface area contributed by atoms with Gasteiger partial charge in [-0.3, -0.25) is 0 Å². The van der Waals surface area contributed by atoms with Crippen LogP contribution in [0.15, 0.2) is 49.1 Å². The zero-order valence-corrected chi connectivity index (χ0v) is 19.5. The standard InChI is InChI=1S/C29H33F3O2/c1-2-17-34-24-14-16-25(27(30)18-24)20-6-3-19(4-7-20)5-8-22-11-15-26(29(32)28(22)31)21-9-12-23(33)13-10-21/h2,9,11,14-16,18-20,23,33H,1,3-8,10,12-13,17H2. The Bertz CT molecular complexity index is 1040. The number of aliphatic hydroxyl groups excluding tert-OH is 1. The molecule has 1 fully saturated rings. The summed E-state index contributed by atoms with van der Waals surface area (Å²) in [5.74, 6) is -0.642. The van der Waals surface area contributed by atoms with Gasteiger partial charge >= 0.3 is 0 Å². The summed E-state index contributed by atoms with van der Waals surface area (Å²) in [5, 5.41) is 9.63. The van der Waals surface area contributed by atoms with Crippen LogP contribution in [0, 0.1) is 23.4 Å². The molecule has 0 bridgehead atoms. The summed E-state index contributed by atoms with van der Waals surface area (Å²) in [6.45, 7) is 3.94. The minimum absolute atomic E-state index is 0.181. The average molecular weight is 471 g/mol. The van der Waals surface area contributed by atoms with Crippen molar-refractivity contribution in [2.24, 2.45) is 5.92 Å². The number of hydrogen-bond donors (Lipinski definition) is 1. The van der Waals surface area contributed by atoms with Crippen LogP contribution >= 0.6 is 0 Å². The third kappa shape index (κ3) is 5.75. The van der Waals surface area contributed by atoms with E-state index in [0.717, 1.165) is 43.2 Å². The van der Waals surface area contributed by atoms with E-state index in [1.165, 1.54) is 6.07 Å². The Labute approximate surface area is 200 Å². The van der Waals surface area contributed by atoms with Crippen LogP contribution < -0.4 is 4.74 Å². The molecular formula is C29H33F3O2. The number of halogens is 3. The predicted octanol–water partition coefficient (Wildman–Crippen LogP) is 7.50. The van der Waals surface area contributed by atoms with E-state index in [2.05, 4.69) is 6.58 Å². The van der Waals surface area contributed by atoms with Gasteiger partial charge in [-0.05, 0) is 92.4 Å². The molecule has 1 unspecified atom stereocenters. The molecule has 0 spiro atoms. The number of aryl methyl sites for hydroxylation is 1. The fourth-order valence-electron chi connectivity index (χ4n) is 5.30. The van der Waals surface area contributed by atoms with Crippen molar-refractivity contribution in [3.05, 3.63) is 83.2 Å². The summed E-state index contributed by atoms with van der Waals surface area (Å²) >= 11 is 0. The zero-order chi connectivity index (χ0) is 24.1. The number of rotatable bonds is 8. The number of benzene rings is 2. The molecule has 4 rings (SSSR count). The van der Waals surface area contributed by atoms with Gasteiger partial charge in [-0.15, -0.1) is 0 Å². The highest BCUT2D eigenvalue weighted by molar-refractivity contribution is 5.67. The molecule has 182 valence electrons. The highest BCUT2D eigenvalue weighted by Gasteiger charge is 2.25. The van der Waals surface area contributed by atoms with E-state index >= 15 is 0 Å². The van der Waals surface area contributed by atoms with E-state index in [4.69, 9.17) is 4.74 Å². The maximum absolute atomic E-state index is 14.8. The molecule has 5 heteroatoms. The van der Waals surface area contributed by atoms with Crippen LogP contribution in [0.5, 0.6) is 5.75 Å². The molecule has 0 heterocycles. The topological polar surface area (TPSA) is 29.5 Å². The first-order valence-corrected chi connectivity index (χ1v) is 12.3. The summed E-state index contributed by atoms with van der Waals surface area (Å²) < 4.78 is 49.5. The second-order valence-electron chi connectivity index (χ2n) is 9.60. The first-order valence-electron chi connectivity index (χ1n) is 12.3. The lowest BCUT2D eigenvalue weighted by molar-refractivity contribution is 0.166. The molecule has 34 heavy (non-hydrogen) atoms. The quantitative estimate of drug-likeness (QED) is 0.405. The van der Waals surface area contributed by atoms with Crippen LogP contribution in [0.4, 0.5) is 13.2 Å². The maximum Gasteiger partial charge on any atom is 0.166 e. The molecule has 2 aromatic carbocycles. The summed E-state index contributed by atoms with van der Waals surface area (Å²) in [6.07, 6.45) is 9.67. The first-order chi connectivity index (χ1) is 16.5. The average Bonchev–Trinajstić information content (AvgIpc) is 2.85. The Morgan fingerprint density at radius 2 is 1.79 bits per heavy atom. The molecule has 0 aromatic heterocycles. The van der Waals surface area contributed by atoms with Gasteiger partial charge in [-0.2, -0.15) is 0 Å². The van der Waals surface area contributed by atoms with Crippen molar-refractivity contribution in [1.82, 2.24) is 0 Å². The van der Waals surface area contributed by atoms with Crippen LogP contribution in [0.2, 0.25) is 0 Å². The van der Waals surface area contributed by atoms with E-state index in [0.29, 0.717) is 55.1 Å². The molecule has 2 aromatic rings. The molecular weight excluding hydrogens is 437 g/mol. The summed E-state index contributed by atoms with van der Waals surface area (Å²) in [7, 11) is 0. The molecule has 0 saturated heterocycles. The third-order valence-corrected chi connectivity index (χ3v) is 7.34. The maximum atomic E-state index is 14.8. The van der Waals surface area contributed by atoms with Crippen LogP contribution in [0.1, 0.15) is 74.0 Å². The lowest BCUT2D eigenvalue weighted by atomic mass is 9.76. The smallest absolute Gasteiger partial charge is 0.166 e. The van der Waals surface area contributed by atoms with Crippen molar-refractivity contribution in [2.45, 2.75) is 69.8 Å². The molecule has 0 amide bonds. The van der Waals surface area contributed by atoms with E-state index in [1.54, 1.807) is 24.3 Å². The highest BCUT2D eigenvalue weighted by Crippen LogP contribution is 2.39. The number of aliphatic hydroxyl groups is 1. The van der Waals surface area contributed by atoms with Crippen LogP contribution in [-0.4, -0.2) is 17.8 Å². The van der Waals surface area contributed by atoms with Gasteiger partial charge in [0.1, 0.15) is 18.2 Å². The summed E-state index contributed by atoms with van der Waals surface area (Å²) in [6, 6.07) is 8.45. The van der Waals surface area contributed by atoms with Gasteiger partial charge in [0.2, 0.25) is 0 Å². The Kier molecular flexibility index (Phi) is 8.15. The molecule has 0 radical (unpaired) electrons. The zero-order valence-electron chi connectivity index (χ0n) is 19.5. The number of ether oxygens (including phenoxy) is 1. The molecule has 0 aliphatic heterocycles. The first kappa shape index (κ1) is 24.6. The van der Waals surface area contributed by atoms with E-state index < -0.39 is 17.7 Å². The van der Waals surface area contributed by atoms with Crippen molar-refractivity contribution in [3.8, 4) is 5.75 Å². The highest BCUT2D eigenvalue weighted by atomic mass is 19.2. The minimum Gasteiger partial charge on any atom is -0.489 e. The predicted molar refractivity (Wildman–Crippen MR) is 129 cm³/mol. The molecule has 2 nitrogen and oxygen atoms in total. The van der Waals surface area contributed by atoms with E-state index in [-0.39, 0.29) is 11.7 Å². The second-order valence-corrected chi connectivity index (χ2v) is 9.60. The van der Waals surface area contributed by atoms with Crippen LogP contribution in [0.25, 0.3) is 5.57 Å². The summed E-state index contributed by atoms with van der Waals surface area (Å²) in [4.78, 5) is 0. The summed E-state index contributed by atoms with van der Waals surface area (Å²) in [5.41, 5.74) is 2.24.